The topological polar surface area (TPSA) is 66.5 Å². The van der Waals surface area contributed by atoms with Gasteiger partial charge < -0.3 is 4.90 Å². The molecule has 1 aromatic rings. The first kappa shape index (κ1) is 15.8. The molecule has 7 heteroatoms. The number of rotatable bonds is 6. The van der Waals surface area contributed by atoms with Crippen molar-refractivity contribution in [3.05, 3.63) is 29.8 Å². The Morgan fingerprint density at radius 3 is 2.68 bits per heavy atom. The highest BCUT2D eigenvalue weighted by atomic mass is 35.5. The molecule has 0 fully saturated rings. The molecule has 19 heavy (non-hydrogen) atoms. The highest BCUT2D eigenvalue weighted by molar-refractivity contribution is 7.92. The number of alkyl halides is 1. The van der Waals surface area contributed by atoms with E-state index in [4.69, 9.17) is 11.6 Å². The average Bonchev–Trinajstić information content (AvgIpc) is 2.28. The zero-order valence-electron chi connectivity index (χ0n) is 10.9. The maximum Gasteiger partial charge on any atom is 0.233 e. The zero-order chi connectivity index (χ0) is 14.5. The Balaban J connectivity index is 2.80. The lowest BCUT2D eigenvalue weighted by Gasteiger charge is -2.15. The third-order valence-electron chi connectivity index (χ3n) is 2.50. The van der Waals surface area contributed by atoms with Gasteiger partial charge in [0.25, 0.3) is 0 Å². The molecule has 0 unspecified atom stereocenters. The van der Waals surface area contributed by atoms with E-state index in [-0.39, 0.29) is 17.5 Å². The molecular weight excluding hydrogens is 288 g/mol. The van der Waals surface area contributed by atoms with Crippen LogP contribution < -0.4 is 4.72 Å². The maximum atomic E-state index is 11.6. The molecule has 0 bridgehead atoms. The second-order valence-corrected chi connectivity index (χ2v) is 6.41. The average molecular weight is 305 g/mol. The summed E-state index contributed by atoms with van der Waals surface area (Å²) in [6.45, 7) is 1.91. The van der Waals surface area contributed by atoms with Crippen molar-refractivity contribution in [3.8, 4) is 0 Å². The Morgan fingerprint density at radius 1 is 1.42 bits per heavy atom. The van der Waals surface area contributed by atoms with Gasteiger partial charge in [0.2, 0.25) is 15.9 Å². The lowest BCUT2D eigenvalue weighted by molar-refractivity contribution is -0.128. The Labute approximate surface area is 118 Å². The largest absolute Gasteiger partial charge is 0.342 e. The van der Waals surface area contributed by atoms with Crippen molar-refractivity contribution in [2.75, 3.05) is 23.4 Å². The molecule has 1 rings (SSSR count). The Morgan fingerprint density at radius 2 is 2.11 bits per heavy atom. The van der Waals surface area contributed by atoms with Crippen LogP contribution in [0.4, 0.5) is 5.69 Å². The van der Waals surface area contributed by atoms with Crippen LogP contribution in [0.15, 0.2) is 24.3 Å². The molecule has 0 heterocycles. The van der Waals surface area contributed by atoms with Crippen LogP contribution in [0.25, 0.3) is 0 Å². The van der Waals surface area contributed by atoms with E-state index >= 15 is 0 Å². The van der Waals surface area contributed by atoms with Crippen molar-refractivity contribution in [3.63, 3.8) is 0 Å². The SMILES string of the molecule is CC(=O)N(C)Cc1cccc(NS(=O)(=O)CCCl)c1. The van der Waals surface area contributed by atoms with Gasteiger partial charge in [0.1, 0.15) is 0 Å². The van der Waals surface area contributed by atoms with Crippen molar-refractivity contribution in [1.82, 2.24) is 4.90 Å². The van der Waals surface area contributed by atoms with E-state index in [1.807, 2.05) is 6.07 Å². The van der Waals surface area contributed by atoms with Gasteiger partial charge in [-0.1, -0.05) is 12.1 Å². The zero-order valence-corrected chi connectivity index (χ0v) is 12.5. The van der Waals surface area contributed by atoms with Crippen LogP contribution in [0.5, 0.6) is 0 Å². The van der Waals surface area contributed by atoms with Gasteiger partial charge >= 0.3 is 0 Å². The van der Waals surface area contributed by atoms with Gasteiger partial charge in [-0.3, -0.25) is 9.52 Å². The second kappa shape index (κ2) is 6.77. The van der Waals surface area contributed by atoms with E-state index in [0.717, 1.165) is 5.56 Å². The summed E-state index contributed by atoms with van der Waals surface area (Å²) in [4.78, 5) is 12.7. The van der Waals surface area contributed by atoms with Gasteiger partial charge in [0.05, 0.1) is 5.75 Å². The molecule has 0 atom stereocenters. The van der Waals surface area contributed by atoms with Crippen LogP contribution >= 0.6 is 11.6 Å². The van der Waals surface area contributed by atoms with Crippen molar-refractivity contribution < 1.29 is 13.2 Å². The molecule has 1 amide bonds. The molecule has 0 aliphatic rings. The molecule has 5 nitrogen and oxygen atoms in total. The summed E-state index contributed by atoms with van der Waals surface area (Å²) in [6, 6.07) is 6.93. The first-order chi connectivity index (χ1) is 8.84. The summed E-state index contributed by atoms with van der Waals surface area (Å²) in [7, 11) is -1.72. The minimum Gasteiger partial charge on any atom is -0.342 e. The smallest absolute Gasteiger partial charge is 0.233 e. The van der Waals surface area contributed by atoms with Gasteiger partial charge in [-0.05, 0) is 17.7 Å². The molecule has 0 aliphatic heterocycles. The van der Waals surface area contributed by atoms with Gasteiger partial charge in [0, 0.05) is 32.1 Å². The van der Waals surface area contributed by atoms with Crippen LogP contribution in [0.1, 0.15) is 12.5 Å². The number of benzene rings is 1. The quantitative estimate of drug-likeness (QED) is 0.813. The summed E-state index contributed by atoms with van der Waals surface area (Å²) in [5.74, 6) is -0.137. The normalized spacial score (nSPS) is 11.1. The number of carbonyl (C=O) groups is 1. The van der Waals surface area contributed by atoms with E-state index < -0.39 is 10.0 Å². The van der Waals surface area contributed by atoms with Crippen LogP contribution in [0.2, 0.25) is 0 Å². The van der Waals surface area contributed by atoms with Crippen LogP contribution in [0, 0.1) is 0 Å². The highest BCUT2D eigenvalue weighted by Crippen LogP contribution is 2.14. The fourth-order valence-corrected chi connectivity index (χ4v) is 2.85. The standard InChI is InChI=1S/C12H17ClN2O3S/c1-10(16)15(2)9-11-4-3-5-12(8-11)14-19(17,18)7-6-13/h3-5,8,14H,6-7,9H2,1-2H3. The molecule has 106 valence electrons. The number of halogens is 1. The molecule has 0 aromatic heterocycles. The first-order valence-electron chi connectivity index (χ1n) is 5.71. The number of hydrogen-bond donors (Lipinski definition) is 1. The lowest BCUT2D eigenvalue weighted by atomic mass is 10.2. The Bertz CT molecular complexity index is 546. The minimum atomic E-state index is -3.41. The second-order valence-electron chi connectivity index (χ2n) is 4.19. The number of nitrogens with one attached hydrogen (secondary N) is 1. The van der Waals surface area contributed by atoms with Crippen molar-refractivity contribution in [2.45, 2.75) is 13.5 Å². The van der Waals surface area contributed by atoms with Crippen molar-refractivity contribution >= 4 is 33.2 Å². The summed E-state index contributed by atoms with van der Waals surface area (Å²) < 4.78 is 25.6. The third kappa shape index (κ3) is 5.48. The number of sulfonamides is 1. The summed E-state index contributed by atoms with van der Waals surface area (Å²) in [5, 5.41) is 0. The Hall–Kier alpha value is -1.27. The van der Waals surface area contributed by atoms with Gasteiger partial charge in [-0.25, -0.2) is 8.42 Å². The minimum absolute atomic E-state index is 0.0437. The number of hydrogen-bond acceptors (Lipinski definition) is 3. The van der Waals surface area contributed by atoms with Crippen LogP contribution in [0.3, 0.4) is 0 Å². The van der Waals surface area contributed by atoms with Crippen molar-refractivity contribution in [1.29, 1.82) is 0 Å². The molecule has 0 radical (unpaired) electrons. The highest BCUT2D eigenvalue weighted by Gasteiger charge is 2.10. The predicted molar refractivity (Wildman–Crippen MR) is 76.7 cm³/mol. The van der Waals surface area contributed by atoms with E-state index in [1.54, 1.807) is 30.1 Å². The monoisotopic (exact) mass is 304 g/mol. The van der Waals surface area contributed by atoms with E-state index in [0.29, 0.717) is 12.2 Å². The van der Waals surface area contributed by atoms with Gasteiger partial charge in [-0.2, -0.15) is 0 Å². The summed E-state index contributed by atoms with van der Waals surface area (Å²) in [5.41, 5.74) is 1.32. The van der Waals surface area contributed by atoms with E-state index in [9.17, 15) is 13.2 Å². The molecule has 0 saturated carbocycles. The van der Waals surface area contributed by atoms with Gasteiger partial charge in [-0.15, -0.1) is 11.6 Å². The van der Waals surface area contributed by atoms with Crippen LogP contribution in [-0.4, -0.2) is 37.9 Å². The molecule has 1 aromatic carbocycles. The number of anilines is 1. The Kier molecular flexibility index (Phi) is 5.62. The fourth-order valence-electron chi connectivity index (χ4n) is 1.45. The molecule has 0 saturated heterocycles. The van der Waals surface area contributed by atoms with Crippen molar-refractivity contribution in [2.24, 2.45) is 0 Å². The predicted octanol–water partition coefficient (Wildman–Crippen LogP) is 1.65. The third-order valence-corrected chi connectivity index (χ3v) is 4.20. The van der Waals surface area contributed by atoms with E-state index in [2.05, 4.69) is 4.72 Å². The maximum absolute atomic E-state index is 11.6. The molecule has 0 spiro atoms. The van der Waals surface area contributed by atoms with E-state index in [1.165, 1.54) is 6.92 Å². The lowest BCUT2D eigenvalue weighted by Crippen LogP contribution is -2.23. The first-order valence-corrected chi connectivity index (χ1v) is 7.90. The number of carbonyl (C=O) groups excluding carboxylic acids is 1. The molecule has 0 aliphatic carbocycles. The summed E-state index contributed by atoms with van der Waals surface area (Å²) in [6.07, 6.45) is 0. The fraction of sp³-hybridized carbons (Fsp3) is 0.417. The number of amides is 1. The molecular formula is C12H17ClN2O3S. The molecule has 1 N–H and O–H groups in total. The summed E-state index contributed by atoms with van der Waals surface area (Å²) >= 11 is 5.42. The van der Waals surface area contributed by atoms with Gasteiger partial charge in [0.15, 0.2) is 0 Å². The van der Waals surface area contributed by atoms with Crippen LogP contribution in [-0.2, 0) is 21.4 Å². The number of nitrogens with zero attached hydrogens (tertiary/aromatic N) is 1.